The summed E-state index contributed by atoms with van der Waals surface area (Å²) in [6, 6.07) is 0. The SMILES string of the molecule is C=C(C)C(=O)O.C=COC(C)=O.O=C(O)/C=C\C(=O)O. The molecule has 0 aliphatic heterocycles. The van der Waals surface area contributed by atoms with Crippen molar-refractivity contribution in [1.29, 1.82) is 0 Å². The number of carboxylic acid groups (broad SMARTS) is 3. The van der Waals surface area contributed by atoms with Crippen molar-refractivity contribution in [2.45, 2.75) is 13.8 Å². The Morgan fingerprint density at radius 2 is 1.25 bits per heavy atom. The summed E-state index contributed by atoms with van der Waals surface area (Å²) in [6.45, 7) is 9.08. The third kappa shape index (κ3) is 36.3. The van der Waals surface area contributed by atoms with E-state index in [4.69, 9.17) is 15.3 Å². The fourth-order valence-electron chi connectivity index (χ4n) is 0.260. The number of carbonyl (C=O) groups excluding carboxylic acids is 1. The average Bonchev–Trinajstić information content (AvgIpc) is 2.27. The van der Waals surface area contributed by atoms with Gasteiger partial charge in [-0.1, -0.05) is 13.2 Å². The predicted molar refractivity (Wildman–Crippen MR) is 68.8 cm³/mol. The van der Waals surface area contributed by atoms with Gasteiger partial charge in [0.25, 0.3) is 0 Å². The van der Waals surface area contributed by atoms with Gasteiger partial charge in [-0.05, 0) is 6.92 Å². The van der Waals surface area contributed by atoms with Crippen LogP contribution in [-0.2, 0) is 23.9 Å². The lowest BCUT2D eigenvalue weighted by Gasteiger charge is -1.83. The Morgan fingerprint density at radius 1 is 0.950 bits per heavy atom. The zero-order valence-electron chi connectivity index (χ0n) is 11.0. The fourth-order valence-corrected chi connectivity index (χ4v) is 0.260. The molecule has 3 N–H and O–H groups in total. The standard InChI is InChI=1S/C4H4O4.2C4H6O2/c5-3(6)1-2-4(7)8;1-3-6-4(2)5;1-3(2)4(5)6/h1-2H,(H,5,6)(H,7,8);3H,1H2,2H3;1H2,2H3,(H,5,6)/b2-1-;;. The highest BCUT2D eigenvalue weighted by atomic mass is 16.5. The van der Waals surface area contributed by atoms with Crippen LogP contribution in [0.4, 0.5) is 0 Å². The first-order valence-electron chi connectivity index (χ1n) is 4.85. The van der Waals surface area contributed by atoms with Crippen LogP contribution in [0.1, 0.15) is 13.8 Å². The molecule has 0 fully saturated rings. The first-order valence-corrected chi connectivity index (χ1v) is 4.85. The second-order valence-corrected chi connectivity index (χ2v) is 2.87. The summed E-state index contributed by atoms with van der Waals surface area (Å²) in [6.07, 6.45) is 2.22. The Kier molecular flexibility index (Phi) is 15.8. The van der Waals surface area contributed by atoms with Crippen LogP contribution in [0.2, 0.25) is 0 Å². The number of rotatable bonds is 4. The summed E-state index contributed by atoms with van der Waals surface area (Å²) in [5.41, 5.74) is 0.176. The highest BCUT2D eigenvalue weighted by Gasteiger charge is 1.90. The summed E-state index contributed by atoms with van der Waals surface area (Å²) < 4.78 is 4.17. The molecule has 0 aliphatic carbocycles. The zero-order valence-corrected chi connectivity index (χ0v) is 11.0. The summed E-state index contributed by atoms with van der Waals surface area (Å²) in [5.74, 6) is -3.78. The highest BCUT2D eigenvalue weighted by Crippen LogP contribution is 1.81. The lowest BCUT2D eigenvalue weighted by molar-refractivity contribution is -0.135. The van der Waals surface area contributed by atoms with Gasteiger partial charge in [0.2, 0.25) is 0 Å². The number of esters is 1. The molecule has 0 radical (unpaired) electrons. The van der Waals surface area contributed by atoms with Gasteiger partial charge in [-0.2, -0.15) is 0 Å². The minimum absolute atomic E-state index is 0.176. The van der Waals surface area contributed by atoms with Crippen molar-refractivity contribution < 1.29 is 39.2 Å². The van der Waals surface area contributed by atoms with Crippen LogP contribution < -0.4 is 0 Å². The van der Waals surface area contributed by atoms with Crippen molar-refractivity contribution in [3.8, 4) is 0 Å². The molecule has 0 spiro atoms. The van der Waals surface area contributed by atoms with Gasteiger partial charge in [0, 0.05) is 24.6 Å². The number of carboxylic acids is 3. The van der Waals surface area contributed by atoms with Crippen molar-refractivity contribution in [3.63, 3.8) is 0 Å². The second kappa shape index (κ2) is 14.2. The van der Waals surface area contributed by atoms with Crippen molar-refractivity contribution in [3.05, 3.63) is 37.1 Å². The van der Waals surface area contributed by atoms with Crippen LogP contribution >= 0.6 is 0 Å². The van der Waals surface area contributed by atoms with Crippen LogP contribution in [-0.4, -0.2) is 39.2 Å². The molecule has 0 saturated carbocycles. The summed E-state index contributed by atoms with van der Waals surface area (Å²) in [5, 5.41) is 23.5. The maximum atomic E-state index is 9.75. The monoisotopic (exact) mass is 288 g/mol. The van der Waals surface area contributed by atoms with E-state index in [1.807, 2.05) is 0 Å². The molecule has 0 unspecified atom stereocenters. The zero-order chi connectivity index (χ0) is 16.7. The van der Waals surface area contributed by atoms with E-state index >= 15 is 0 Å². The van der Waals surface area contributed by atoms with E-state index in [0.29, 0.717) is 12.2 Å². The van der Waals surface area contributed by atoms with Crippen LogP contribution in [0.5, 0.6) is 0 Å². The van der Waals surface area contributed by atoms with Gasteiger partial charge in [0.15, 0.2) is 0 Å². The first-order chi connectivity index (χ1) is 9.04. The van der Waals surface area contributed by atoms with E-state index in [0.717, 1.165) is 6.26 Å². The number of hydrogen-bond acceptors (Lipinski definition) is 5. The van der Waals surface area contributed by atoms with Crippen LogP contribution in [0.25, 0.3) is 0 Å². The van der Waals surface area contributed by atoms with Crippen LogP contribution in [0.15, 0.2) is 37.1 Å². The quantitative estimate of drug-likeness (QED) is 0.396. The molecule has 0 aliphatic rings. The van der Waals surface area contributed by atoms with E-state index in [1.165, 1.54) is 13.8 Å². The van der Waals surface area contributed by atoms with Gasteiger partial charge in [0.1, 0.15) is 0 Å². The van der Waals surface area contributed by atoms with Gasteiger partial charge in [-0.25, -0.2) is 14.4 Å². The molecule has 8 heteroatoms. The van der Waals surface area contributed by atoms with Gasteiger partial charge < -0.3 is 20.1 Å². The molecule has 0 rings (SSSR count). The Hall–Kier alpha value is -2.90. The molecule has 8 nitrogen and oxygen atoms in total. The number of aliphatic carboxylic acids is 3. The van der Waals surface area contributed by atoms with E-state index in [2.05, 4.69) is 17.9 Å². The third-order valence-electron chi connectivity index (χ3n) is 0.983. The Balaban J connectivity index is -0.000000221. The Bertz CT molecular complexity index is 378. The normalized spacial score (nSPS) is 8.10. The summed E-state index contributed by atoms with van der Waals surface area (Å²) >= 11 is 0. The molecule has 0 heterocycles. The Labute approximate surface area is 115 Å². The van der Waals surface area contributed by atoms with Crippen molar-refractivity contribution >= 4 is 23.9 Å². The predicted octanol–water partition coefficient (Wildman–Crippen LogP) is 1.05. The largest absolute Gasteiger partial charge is 0.478 e. The molecule has 0 aromatic heterocycles. The molecule has 0 bridgehead atoms. The minimum atomic E-state index is -1.26. The van der Waals surface area contributed by atoms with Crippen LogP contribution in [0.3, 0.4) is 0 Å². The smallest absolute Gasteiger partial charge is 0.330 e. The minimum Gasteiger partial charge on any atom is -0.478 e. The summed E-state index contributed by atoms with van der Waals surface area (Å²) in [7, 11) is 0. The first kappa shape index (κ1) is 22.3. The number of hydrogen-bond donors (Lipinski definition) is 3. The number of carbonyl (C=O) groups is 4. The van der Waals surface area contributed by atoms with Crippen LogP contribution in [0, 0.1) is 0 Å². The lowest BCUT2D eigenvalue weighted by atomic mass is 10.4. The van der Waals surface area contributed by atoms with Gasteiger partial charge >= 0.3 is 23.9 Å². The van der Waals surface area contributed by atoms with Gasteiger partial charge in [0.05, 0.1) is 6.26 Å². The molecule has 0 amide bonds. The average molecular weight is 288 g/mol. The molecular formula is C12H16O8. The molecule has 0 aromatic rings. The number of ether oxygens (including phenoxy) is 1. The highest BCUT2D eigenvalue weighted by molar-refractivity contribution is 5.89. The van der Waals surface area contributed by atoms with E-state index in [1.54, 1.807) is 0 Å². The molecular weight excluding hydrogens is 272 g/mol. The van der Waals surface area contributed by atoms with Crippen molar-refractivity contribution in [1.82, 2.24) is 0 Å². The van der Waals surface area contributed by atoms with E-state index in [9.17, 15) is 19.2 Å². The van der Waals surface area contributed by atoms with Gasteiger partial charge in [-0.3, -0.25) is 4.79 Å². The maximum Gasteiger partial charge on any atom is 0.330 e. The summed E-state index contributed by atoms with van der Waals surface area (Å²) in [4.78, 5) is 38.5. The fraction of sp³-hybridized carbons (Fsp3) is 0.167. The third-order valence-corrected chi connectivity index (χ3v) is 0.983. The Morgan fingerprint density at radius 3 is 1.30 bits per heavy atom. The van der Waals surface area contributed by atoms with E-state index < -0.39 is 17.9 Å². The second-order valence-electron chi connectivity index (χ2n) is 2.87. The van der Waals surface area contributed by atoms with Crippen molar-refractivity contribution in [2.24, 2.45) is 0 Å². The maximum absolute atomic E-state index is 9.75. The molecule has 20 heavy (non-hydrogen) atoms. The lowest BCUT2D eigenvalue weighted by Crippen LogP contribution is -1.92. The van der Waals surface area contributed by atoms with E-state index in [-0.39, 0.29) is 11.5 Å². The van der Waals surface area contributed by atoms with Crippen molar-refractivity contribution in [2.75, 3.05) is 0 Å². The topological polar surface area (TPSA) is 138 Å². The molecule has 0 atom stereocenters. The molecule has 0 saturated heterocycles. The molecule has 0 aromatic carbocycles. The molecule has 112 valence electrons. The van der Waals surface area contributed by atoms with Gasteiger partial charge in [-0.15, -0.1) is 0 Å².